The predicted octanol–water partition coefficient (Wildman–Crippen LogP) is 3.21. The van der Waals surface area contributed by atoms with Crippen molar-refractivity contribution in [2.75, 3.05) is 11.9 Å². The lowest BCUT2D eigenvalue weighted by Crippen LogP contribution is -2.33. The van der Waals surface area contributed by atoms with Gasteiger partial charge in [-0.2, -0.15) is 0 Å². The zero-order chi connectivity index (χ0) is 18.7. The Bertz CT molecular complexity index is 1010. The number of benzene rings is 2. The largest absolute Gasteiger partial charge is 0.343 e. The molecule has 2 N–H and O–H groups in total. The number of rotatable bonds is 4. The third kappa shape index (κ3) is 4.02. The van der Waals surface area contributed by atoms with Gasteiger partial charge in [0.25, 0.3) is 5.91 Å². The minimum Gasteiger partial charge on any atom is -0.343 e. The molecule has 8 heteroatoms. The van der Waals surface area contributed by atoms with Gasteiger partial charge in [0.2, 0.25) is 5.91 Å². The standard InChI is InChI=1S/C18H14BrFN4O2/c1-10-6-11(19)2-3-14(10)24-16(25)9-23-18(26)13-7-12(20)8-15-17(13)22-5-4-21-15/h2-8H,9H2,1H3,(H,23,26)(H,24,25). The van der Waals surface area contributed by atoms with Gasteiger partial charge in [-0.05, 0) is 36.8 Å². The number of hydrogen-bond donors (Lipinski definition) is 2. The van der Waals surface area contributed by atoms with Crippen LogP contribution in [0.2, 0.25) is 0 Å². The van der Waals surface area contributed by atoms with Crippen molar-refractivity contribution < 1.29 is 14.0 Å². The van der Waals surface area contributed by atoms with Crippen molar-refractivity contribution in [1.82, 2.24) is 15.3 Å². The van der Waals surface area contributed by atoms with Gasteiger partial charge in [0.15, 0.2) is 0 Å². The van der Waals surface area contributed by atoms with Crippen LogP contribution in [0.25, 0.3) is 11.0 Å². The number of aryl methyl sites for hydroxylation is 1. The number of hydrogen-bond acceptors (Lipinski definition) is 4. The van der Waals surface area contributed by atoms with Crippen LogP contribution in [0, 0.1) is 12.7 Å². The number of nitrogens with zero attached hydrogens (tertiary/aromatic N) is 2. The van der Waals surface area contributed by atoms with Gasteiger partial charge in [0.05, 0.1) is 17.6 Å². The highest BCUT2D eigenvalue weighted by Gasteiger charge is 2.15. The lowest BCUT2D eigenvalue weighted by atomic mass is 10.1. The molecule has 0 fully saturated rings. The van der Waals surface area contributed by atoms with Gasteiger partial charge in [0, 0.05) is 28.6 Å². The highest BCUT2D eigenvalue weighted by Crippen LogP contribution is 2.20. The van der Waals surface area contributed by atoms with E-state index >= 15 is 0 Å². The van der Waals surface area contributed by atoms with Crippen molar-refractivity contribution in [3.8, 4) is 0 Å². The second-order valence-electron chi connectivity index (χ2n) is 5.57. The second-order valence-corrected chi connectivity index (χ2v) is 6.48. The van der Waals surface area contributed by atoms with Crippen molar-refractivity contribution in [1.29, 1.82) is 0 Å². The fourth-order valence-electron chi connectivity index (χ4n) is 2.43. The van der Waals surface area contributed by atoms with Gasteiger partial charge < -0.3 is 10.6 Å². The fraction of sp³-hybridized carbons (Fsp3) is 0.111. The Morgan fingerprint density at radius 3 is 2.69 bits per heavy atom. The van der Waals surface area contributed by atoms with Gasteiger partial charge in [0.1, 0.15) is 11.3 Å². The number of carbonyl (C=O) groups excluding carboxylic acids is 2. The van der Waals surface area contributed by atoms with Crippen LogP contribution in [0.4, 0.5) is 10.1 Å². The van der Waals surface area contributed by atoms with Crippen LogP contribution in [0.3, 0.4) is 0 Å². The van der Waals surface area contributed by atoms with Crippen molar-refractivity contribution >= 4 is 44.5 Å². The molecule has 26 heavy (non-hydrogen) atoms. The zero-order valence-electron chi connectivity index (χ0n) is 13.7. The van der Waals surface area contributed by atoms with Gasteiger partial charge in [-0.15, -0.1) is 0 Å². The molecule has 0 bridgehead atoms. The number of fused-ring (bicyclic) bond motifs is 1. The molecule has 0 atom stereocenters. The van der Waals surface area contributed by atoms with E-state index in [2.05, 4.69) is 36.5 Å². The second kappa shape index (κ2) is 7.57. The molecule has 0 aliphatic heterocycles. The van der Waals surface area contributed by atoms with E-state index in [-0.39, 0.29) is 23.1 Å². The number of anilines is 1. The van der Waals surface area contributed by atoms with Gasteiger partial charge in [-0.25, -0.2) is 4.39 Å². The highest BCUT2D eigenvalue weighted by molar-refractivity contribution is 9.10. The number of nitrogens with one attached hydrogen (secondary N) is 2. The number of carbonyl (C=O) groups is 2. The summed E-state index contributed by atoms with van der Waals surface area (Å²) in [6, 6.07) is 7.70. The summed E-state index contributed by atoms with van der Waals surface area (Å²) in [6.07, 6.45) is 2.83. The first-order chi connectivity index (χ1) is 12.4. The molecule has 0 aliphatic carbocycles. The lowest BCUT2D eigenvalue weighted by Gasteiger charge is -2.10. The predicted molar refractivity (Wildman–Crippen MR) is 99.3 cm³/mol. The zero-order valence-corrected chi connectivity index (χ0v) is 15.3. The third-order valence-electron chi connectivity index (χ3n) is 3.66. The van der Waals surface area contributed by atoms with Gasteiger partial charge >= 0.3 is 0 Å². The third-order valence-corrected chi connectivity index (χ3v) is 4.15. The Kier molecular flexibility index (Phi) is 5.22. The molecule has 3 rings (SSSR count). The molecule has 0 unspecified atom stereocenters. The summed E-state index contributed by atoms with van der Waals surface area (Å²) in [5, 5.41) is 5.19. The molecule has 6 nitrogen and oxygen atoms in total. The molecular weight excluding hydrogens is 403 g/mol. The van der Waals surface area contributed by atoms with E-state index in [1.54, 1.807) is 12.1 Å². The summed E-state index contributed by atoms with van der Waals surface area (Å²) in [4.78, 5) is 32.5. The van der Waals surface area contributed by atoms with Gasteiger partial charge in [-0.3, -0.25) is 19.6 Å². The molecule has 2 amide bonds. The summed E-state index contributed by atoms with van der Waals surface area (Å²) in [7, 11) is 0. The van der Waals surface area contributed by atoms with Crippen LogP contribution in [-0.2, 0) is 4.79 Å². The first-order valence-electron chi connectivity index (χ1n) is 7.68. The normalized spacial score (nSPS) is 10.6. The monoisotopic (exact) mass is 416 g/mol. The molecule has 0 aliphatic rings. The van der Waals surface area contributed by atoms with E-state index in [0.29, 0.717) is 5.69 Å². The highest BCUT2D eigenvalue weighted by atomic mass is 79.9. The van der Waals surface area contributed by atoms with Crippen molar-refractivity contribution in [3.05, 3.63) is 64.1 Å². The molecular formula is C18H14BrFN4O2. The molecule has 3 aromatic rings. The quantitative estimate of drug-likeness (QED) is 0.683. The number of halogens is 2. The summed E-state index contributed by atoms with van der Waals surface area (Å²) < 4.78 is 14.6. The molecule has 0 spiro atoms. The van der Waals surface area contributed by atoms with E-state index in [0.717, 1.165) is 16.1 Å². The van der Waals surface area contributed by atoms with Crippen LogP contribution < -0.4 is 10.6 Å². The number of aromatic nitrogens is 2. The SMILES string of the molecule is Cc1cc(Br)ccc1NC(=O)CNC(=O)c1cc(F)cc2nccnc12. The minimum atomic E-state index is -0.599. The molecule has 0 saturated heterocycles. The lowest BCUT2D eigenvalue weighted by molar-refractivity contribution is -0.115. The van der Waals surface area contributed by atoms with Crippen LogP contribution in [0.15, 0.2) is 47.2 Å². The Hall–Kier alpha value is -2.87. The summed E-state index contributed by atoms with van der Waals surface area (Å²) >= 11 is 3.35. The van der Waals surface area contributed by atoms with E-state index in [9.17, 15) is 14.0 Å². The van der Waals surface area contributed by atoms with E-state index in [4.69, 9.17) is 0 Å². The topological polar surface area (TPSA) is 84.0 Å². The Morgan fingerprint density at radius 2 is 1.92 bits per heavy atom. The van der Waals surface area contributed by atoms with Crippen LogP contribution in [0.1, 0.15) is 15.9 Å². The maximum absolute atomic E-state index is 13.7. The Balaban J connectivity index is 1.70. The van der Waals surface area contributed by atoms with Crippen molar-refractivity contribution in [2.45, 2.75) is 6.92 Å². The van der Waals surface area contributed by atoms with Crippen LogP contribution in [0.5, 0.6) is 0 Å². The molecule has 2 aromatic carbocycles. The summed E-state index contributed by atoms with van der Waals surface area (Å²) in [5.41, 5.74) is 2.10. The maximum atomic E-state index is 13.7. The fourth-order valence-corrected chi connectivity index (χ4v) is 2.91. The van der Waals surface area contributed by atoms with Gasteiger partial charge in [-0.1, -0.05) is 15.9 Å². The molecule has 0 saturated carbocycles. The maximum Gasteiger partial charge on any atom is 0.254 e. The van der Waals surface area contributed by atoms with Crippen LogP contribution >= 0.6 is 15.9 Å². The smallest absolute Gasteiger partial charge is 0.254 e. The van der Waals surface area contributed by atoms with E-state index in [1.807, 2.05) is 13.0 Å². The molecule has 1 aromatic heterocycles. The Labute approximate surface area is 157 Å². The molecule has 132 valence electrons. The van der Waals surface area contributed by atoms with E-state index < -0.39 is 17.6 Å². The van der Waals surface area contributed by atoms with Crippen LogP contribution in [-0.4, -0.2) is 28.3 Å². The average molecular weight is 417 g/mol. The molecule has 0 radical (unpaired) electrons. The minimum absolute atomic E-state index is 0.0284. The molecule has 1 heterocycles. The first-order valence-corrected chi connectivity index (χ1v) is 8.48. The average Bonchev–Trinajstić information content (AvgIpc) is 2.61. The number of amides is 2. The van der Waals surface area contributed by atoms with E-state index in [1.165, 1.54) is 18.5 Å². The summed E-state index contributed by atoms with van der Waals surface area (Å²) in [5.74, 6) is -1.59. The van der Waals surface area contributed by atoms with Crippen molar-refractivity contribution in [3.63, 3.8) is 0 Å². The summed E-state index contributed by atoms with van der Waals surface area (Å²) in [6.45, 7) is 1.60. The van der Waals surface area contributed by atoms with Crippen molar-refractivity contribution in [2.24, 2.45) is 0 Å². The first kappa shape index (κ1) is 17.9. The Morgan fingerprint density at radius 1 is 1.15 bits per heavy atom.